The number of Topliss-reactive ketones (excluding diaryl/α,β-unsaturated/α-hetero) is 1. The molecule has 0 radical (unpaired) electrons. The fourth-order valence-electron chi connectivity index (χ4n) is 7.99. The van der Waals surface area contributed by atoms with Crippen LogP contribution in [0.5, 0.6) is 5.88 Å². The number of urea groups is 1. The lowest BCUT2D eigenvalue weighted by molar-refractivity contribution is -0.145. The minimum absolute atomic E-state index is 0.0772. The Kier molecular flexibility index (Phi) is 10.9. The molecular weight excluding hydrogens is 660 g/mol. The topological polar surface area (TPSA) is 162 Å². The van der Waals surface area contributed by atoms with Gasteiger partial charge in [-0.3, -0.25) is 19.2 Å². The van der Waals surface area contributed by atoms with Gasteiger partial charge in [-0.15, -0.1) is 6.58 Å². The fourth-order valence-corrected chi connectivity index (χ4v) is 7.99. The van der Waals surface area contributed by atoms with Gasteiger partial charge in [-0.05, 0) is 46.5 Å². The lowest BCUT2D eigenvalue weighted by Crippen LogP contribution is -2.62. The first-order valence-corrected chi connectivity index (χ1v) is 18.6. The number of benzene rings is 1. The van der Waals surface area contributed by atoms with Crippen molar-refractivity contribution in [2.24, 2.45) is 34.0 Å². The molecule has 5 rings (SSSR count). The van der Waals surface area contributed by atoms with Crippen molar-refractivity contribution in [2.45, 2.75) is 112 Å². The Balaban J connectivity index is 1.34. The minimum Gasteiger partial charge on any atom is -0.494 e. The first-order chi connectivity index (χ1) is 24.2. The molecule has 6 atom stereocenters. The molecule has 2 aromatic rings. The largest absolute Gasteiger partial charge is 0.494 e. The van der Waals surface area contributed by atoms with Crippen LogP contribution in [0.15, 0.2) is 43.1 Å². The molecule has 1 aliphatic heterocycles. The Morgan fingerprint density at radius 1 is 1.00 bits per heavy atom. The summed E-state index contributed by atoms with van der Waals surface area (Å²) in [6.07, 6.45) is 6.61. The third-order valence-electron chi connectivity index (χ3n) is 11.7. The van der Waals surface area contributed by atoms with Crippen molar-refractivity contribution in [2.75, 3.05) is 13.1 Å². The summed E-state index contributed by atoms with van der Waals surface area (Å²) in [5.41, 5.74) is -1.33. The van der Waals surface area contributed by atoms with Crippen molar-refractivity contribution >= 4 is 40.3 Å². The van der Waals surface area contributed by atoms with E-state index in [-0.39, 0.29) is 41.5 Å². The van der Waals surface area contributed by atoms with E-state index in [1.165, 1.54) is 6.08 Å². The molecule has 1 unspecified atom stereocenters. The van der Waals surface area contributed by atoms with Crippen LogP contribution in [0.25, 0.3) is 10.8 Å². The zero-order chi connectivity index (χ0) is 38.3. The van der Waals surface area contributed by atoms with Gasteiger partial charge in [-0.2, -0.15) is 0 Å². The van der Waals surface area contributed by atoms with Crippen LogP contribution in [-0.4, -0.2) is 81.4 Å². The highest BCUT2D eigenvalue weighted by atomic mass is 16.3. The van der Waals surface area contributed by atoms with Crippen molar-refractivity contribution in [3.63, 3.8) is 0 Å². The molecule has 1 aromatic carbocycles. The maximum Gasteiger partial charge on any atom is 0.315 e. The first kappa shape index (κ1) is 38.9. The second-order valence-corrected chi connectivity index (χ2v) is 17.9. The minimum atomic E-state index is -1.01. The highest BCUT2D eigenvalue weighted by molar-refractivity contribution is 6.38. The van der Waals surface area contributed by atoms with E-state index in [4.69, 9.17) is 0 Å². The SMILES string of the molecule is C=CCNC(=O)C(=O)C(CC1CCC1)NC(=O)[C@@H]1[C@@H]2[C@H](CN1C(=O)[C@@H](NC(=O)N[C@H](Cn1cc3ccccc3c1O)C(C)(C)C)C(C)(C)C)C2(C)C. The highest BCUT2D eigenvalue weighted by Gasteiger charge is 2.70. The van der Waals surface area contributed by atoms with Gasteiger partial charge in [-0.25, -0.2) is 4.79 Å². The van der Waals surface area contributed by atoms with E-state index < -0.39 is 58.6 Å². The van der Waals surface area contributed by atoms with E-state index in [9.17, 15) is 29.1 Å². The molecule has 2 heterocycles. The molecule has 5 N–H and O–H groups in total. The normalized spacial score (nSPS) is 22.7. The van der Waals surface area contributed by atoms with E-state index in [1.54, 1.807) is 9.47 Å². The lowest BCUT2D eigenvalue weighted by Gasteiger charge is -2.39. The maximum atomic E-state index is 14.5. The van der Waals surface area contributed by atoms with Crippen molar-refractivity contribution in [3.05, 3.63) is 43.1 Å². The van der Waals surface area contributed by atoms with Crippen LogP contribution in [-0.2, 0) is 25.7 Å². The van der Waals surface area contributed by atoms with Crippen LogP contribution >= 0.6 is 0 Å². The first-order valence-electron chi connectivity index (χ1n) is 18.6. The standard InChI is InChI=1S/C40H58N6O6/c1-10-18-41-34(49)31(47)27(19-23-14-13-15-23)42-33(48)30-29-26(40(29,8)9)21-46(30)36(51)32(39(5,6)7)44-37(52)43-28(38(2,3)4)22-45-20-24-16-11-12-17-25(24)35(45)50/h10-12,16-17,20,23,26-30,32,50H,1,13-15,18-19,21-22H2,2-9H3,(H,41,49)(H,42,48)(H2,43,44,52)/t26-,27?,28+,29-,30-,32+/m0/s1. The molecule has 5 amide bonds. The van der Waals surface area contributed by atoms with Crippen molar-refractivity contribution in [1.82, 2.24) is 30.7 Å². The van der Waals surface area contributed by atoms with Crippen molar-refractivity contribution in [3.8, 4) is 5.88 Å². The molecule has 0 bridgehead atoms. The predicted molar refractivity (Wildman–Crippen MR) is 200 cm³/mol. The number of carbonyl (C=O) groups is 5. The summed E-state index contributed by atoms with van der Waals surface area (Å²) in [5.74, 6) is -2.01. The van der Waals surface area contributed by atoms with Gasteiger partial charge in [0.25, 0.3) is 5.91 Å². The summed E-state index contributed by atoms with van der Waals surface area (Å²) >= 11 is 0. The molecular formula is C40H58N6O6. The zero-order valence-corrected chi connectivity index (χ0v) is 32.0. The second-order valence-electron chi connectivity index (χ2n) is 17.9. The molecule has 3 aliphatic rings. The predicted octanol–water partition coefficient (Wildman–Crippen LogP) is 4.50. The molecule has 2 aliphatic carbocycles. The second kappa shape index (κ2) is 14.6. The smallest absolute Gasteiger partial charge is 0.315 e. The van der Waals surface area contributed by atoms with Gasteiger partial charge in [0.1, 0.15) is 12.1 Å². The molecule has 12 nitrogen and oxygen atoms in total. The Hall–Kier alpha value is -4.35. The molecule has 1 saturated heterocycles. The number of hydrogen-bond acceptors (Lipinski definition) is 6. The molecule has 12 heteroatoms. The third-order valence-corrected chi connectivity index (χ3v) is 11.7. The lowest BCUT2D eigenvalue weighted by atomic mass is 9.80. The molecule has 0 spiro atoms. The van der Waals surface area contributed by atoms with E-state index in [2.05, 4.69) is 41.7 Å². The molecule has 3 fully saturated rings. The van der Waals surface area contributed by atoms with Crippen LogP contribution in [0.3, 0.4) is 0 Å². The third kappa shape index (κ3) is 8.00. The van der Waals surface area contributed by atoms with Crippen LogP contribution in [0, 0.1) is 34.0 Å². The van der Waals surface area contributed by atoms with Crippen LogP contribution in [0.1, 0.15) is 81.1 Å². The van der Waals surface area contributed by atoms with Crippen LogP contribution < -0.4 is 21.3 Å². The van der Waals surface area contributed by atoms with Gasteiger partial charge in [-0.1, -0.05) is 98.9 Å². The molecule has 52 heavy (non-hydrogen) atoms. The monoisotopic (exact) mass is 718 g/mol. The maximum absolute atomic E-state index is 14.5. The highest BCUT2D eigenvalue weighted by Crippen LogP contribution is 2.65. The Morgan fingerprint density at radius 2 is 1.67 bits per heavy atom. The van der Waals surface area contributed by atoms with Crippen molar-refractivity contribution in [1.29, 1.82) is 0 Å². The van der Waals surface area contributed by atoms with Gasteiger partial charge in [0, 0.05) is 36.6 Å². The average Bonchev–Trinajstić information content (AvgIpc) is 3.33. The number of likely N-dealkylation sites (tertiary alicyclic amines) is 1. The Bertz CT molecular complexity index is 1710. The number of amides is 5. The Morgan fingerprint density at radius 3 is 2.25 bits per heavy atom. The van der Waals surface area contributed by atoms with E-state index in [0.29, 0.717) is 19.5 Å². The average molecular weight is 719 g/mol. The number of rotatable bonds is 13. The van der Waals surface area contributed by atoms with Crippen molar-refractivity contribution < 1.29 is 29.1 Å². The van der Waals surface area contributed by atoms with Gasteiger partial charge < -0.3 is 35.8 Å². The van der Waals surface area contributed by atoms with Gasteiger partial charge in [0.15, 0.2) is 5.88 Å². The molecule has 284 valence electrons. The number of aromatic hydroxyl groups is 1. The fraction of sp³-hybridized carbons (Fsp3) is 0.625. The zero-order valence-electron chi connectivity index (χ0n) is 32.0. The van der Waals surface area contributed by atoms with Crippen LogP contribution in [0.2, 0.25) is 0 Å². The summed E-state index contributed by atoms with van der Waals surface area (Å²) in [4.78, 5) is 70.1. The number of ketones is 1. The number of fused-ring (bicyclic) bond motifs is 2. The van der Waals surface area contributed by atoms with Crippen LogP contribution in [0.4, 0.5) is 4.79 Å². The molecule has 1 aromatic heterocycles. The number of piperidine rings is 1. The van der Waals surface area contributed by atoms with E-state index >= 15 is 0 Å². The quantitative estimate of drug-likeness (QED) is 0.151. The molecule has 2 saturated carbocycles. The number of nitrogens with zero attached hydrogens (tertiary/aromatic N) is 2. The Labute approximate surface area is 307 Å². The van der Waals surface area contributed by atoms with E-state index in [1.807, 2.05) is 72.0 Å². The number of nitrogens with one attached hydrogen (secondary N) is 4. The van der Waals surface area contributed by atoms with E-state index in [0.717, 1.165) is 30.0 Å². The summed E-state index contributed by atoms with van der Waals surface area (Å²) < 4.78 is 1.72. The van der Waals surface area contributed by atoms with Gasteiger partial charge in [0.2, 0.25) is 17.6 Å². The van der Waals surface area contributed by atoms with Gasteiger partial charge in [0.05, 0.1) is 12.1 Å². The summed E-state index contributed by atoms with van der Waals surface area (Å²) in [6, 6.07) is 3.72. The van der Waals surface area contributed by atoms with Gasteiger partial charge >= 0.3 is 6.03 Å². The summed E-state index contributed by atoms with van der Waals surface area (Å²) in [5, 5.41) is 24.0. The summed E-state index contributed by atoms with van der Waals surface area (Å²) in [7, 11) is 0. The number of aromatic nitrogens is 1. The number of carbonyl (C=O) groups excluding carboxylic acids is 5. The summed E-state index contributed by atoms with van der Waals surface area (Å²) in [6.45, 7) is 20.1. The number of hydrogen-bond donors (Lipinski definition) is 5.